The number of likely N-dealkylation sites (N-methyl/N-ethyl adjacent to an activating group) is 1. The highest BCUT2D eigenvalue weighted by molar-refractivity contribution is 7.09. The zero-order valence-electron chi connectivity index (χ0n) is 11.8. The number of halogens is 1. The fourth-order valence-corrected chi connectivity index (χ4v) is 3.91. The number of aromatic nitrogens is 1. The molecular weight excluding hydrogens is 280 g/mol. The molecule has 2 unspecified atom stereocenters. The number of rotatable bonds is 6. The molecule has 1 aromatic heterocycles. The third-order valence-corrected chi connectivity index (χ3v) is 4.94. The van der Waals surface area contributed by atoms with Crippen LogP contribution in [0.25, 0.3) is 0 Å². The summed E-state index contributed by atoms with van der Waals surface area (Å²) >= 11 is 7.55. The Morgan fingerprint density at radius 1 is 1.58 bits per heavy atom. The van der Waals surface area contributed by atoms with E-state index in [1.807, 2.05) is 0 Å². The summed E-state index contributed by atoms with van der Waals surface area (Å²) in [5.41, 5.74) is 0.988. The van der Waals surface area contributed by atoms with Crippen molar-refractivity contribution in [3.8, 4) is 0 Å². The number of thiazole rings is 1. The van der Waals surface area contributed by atoms with Crippen LogP contribution in [0.1, 0.15) is 49.4 Å². The maximum atomic E-state index is 5.83. The standard InChI is InChI=1S/C14H23ClN2OS/c1-3-13(14-16-11(8-15)10-19-14)17(2)9-12-6-4-5-7-18-12/h10,12-13H,3-9H2,1-2H3. The number of ether oxygens (including phenoxy) is 1. The first-order chi connectivity index (χ1) is 9.24. The first-order valence-corrected chi connectivity index (χ1v) is 8.48. The molecule has 0 bridgehead atoms. The van der Waals surface area contributed by atoms with Crippen molar-refractivity contribution in [2.24, 2.45) is 0 Å². The number of hydrogen-bond donors (Lipinski definition) is 0. The maximum absolute atomic E-state index is 5.83. The summed E-state index contributed by atoms with van der Waals surface area (Å²) < 4.78 is 5.83. The Morgan fingerprint density at radius 3 is 3.00 bits per heavy atom. The predicted octanol–water partition coefficient (Wildman–Crippen LogP) is 3.83. The van der Waals surface area contributed by atoms with Crippen LogP contribution in [0.2, 0.25) is 0 Å². The smallest absolute Gasteiger partial charge is 0.110 e. The van der Waals surface area contributed by atoms with E-state index >= 15 is 0 Å². The second kappa shape index (κ2) is 7.58. The minimum atomic E-state index is 0.382. The van der Waals surface area contributed by atoms with Crippen molar-refractivity contribution in [2.45, 2.75) is 50.6 Å². The zero-order valence-corrected chi connectivity index (χ0v) is 13.3. The van der Waals surface area contributed by atoms with Crippen LogP contribution in [0.5, 0.6) is 0 Å². The molecule has 1 saturated heterocycles. The molecule has 108 valence electrons. The van der Waals surface area contributed by atoms with Crippen molar-refractivity contribution < 1.29 is 4.74 Å². The van der Waals surface area contributed by atoms with Gasteiger partial charge in [-0.3, -0.25) is 4.90 Å². The zero-order chi connectivity index (χ0) is 13.7. The summed E-state index contributed by atoms with van der Waals surface area (Å²) in [5.74, 6) is 0.502. The Balaban J connectivity index is 1.95. The molecule has 3 nitrogen and oxygen atoms in total. The molecule has 0 radical (unpaired) electrons. The largest absolute Gasteiger partial charge is 0.377 e. The van der Waals surface area contributed by atoms with Crippen molar-refractivity contribution in [1.82, 2.24) is 9.88 Å². The van der Waals surface area contributed by atoms with Gasteiger partial charge < -0.3 is 4.74 Å². The van der Waals surface area contributed by atoms with E-state index in [4.69, 9.17) is 16.3 Å². The van der Waals surface area contributed by atoms with Crippen LogP contribution in [0.4, 0.5) is 0 Å². The lowest BCUT2D eigenvalue weighted by atomic mass is 10.1. The van der Waals surface area contributed by atoms with Crippen LogP contribution in [-0.2, 0) is 10.6 Å². The summed E-state index contributed by atoms with van der Waals surface area (Å²) in [4.78, 5) is 7.00. The predicted molar refractivity (Wildman–Crippen MR) is 80.9 cm³/mol. The number of hydrogen-bond acceptors (Lipinski definition) is 4. The average molecular weight is 303 g/mol. The molecule has 0 N–H and O–H groups in total. The molecule has 0 aliphatic carbocycles. The van der Waals surface area contributed by atoms with Gasteiger partial charge in [0, 0.05) is 18.5 Å². The molecular formula is C14H23ClN2OS. The van der Waals surface area contributed by atoms with Crippen LogP contribution in [0.15, 0.2) is 5.38 Å². The Bertz CT molecular complexity index is 379. The van der Waals surface area contributed by atoms with Gasteiger partial charge in [-0.25, -0.2) is 4.98 Å². The third-order valence-electron chi connectivity index (χ3n) is 3.68. The lowest BCUT2D eigenvalue weighted by Crippen LogP contribution is -2.35. The Labute approximate surface area is 124 Å². The molecule has 5 heteroatoms. The monoisotopic (exact) mass is 302 g/mol. The quantitative estimate of drug-likeness (QED) is 0.747. The molecule has 0 spiro atoms. The van der Waals surface area contributed by atoms with Gasteiger partial charge in [-0.15, -0.1) is 22.9 Å². The van der Waals surface area contributed by atoms with E-state index < -0.39 is 0 Å². The van der Waals surface area contributed by atoms with E-state index in [2.05, 4.69) is 29.2 Å². The van der Waals surface area contributed by atoms with E-state index in [9.17, 15) is 0 Å². The SMILES string of the molecule is CCC(c1nc(CCl)cs1)N(C)CC1CCCCO1. The summed E-state index contributed by atoms with van der Waals surface area (Å²) in [5, 5.41) is 3.24. The first-order valence-electron chi connectivity index (χ1n) is 7.06. The molecule has 1 aromatic rings. The van der Waals surface area contributed by atoms with Crippen molar-refractivity contribution in [3.05, 3.63) is 16.1 Å². The molecule has 2 rings (SSSR count). The first kappa shape index (κ1) is 15.2. The minimum Gasteiger partial charge on any atom is -0.377 e. The van der Waals surface area contributed by atoms with Crippen LogP contribution in [0, 0.1) is 0 Å². The summed E-state index contributed by atoms with van der Waals surface area (Å²) in [6.45, 7) is 4.13. The van der Waals surface area contributed by atoms with E-state index in [1.165, 1.54) is 24.3 Å². The van der Waals surface area contributed by atoms with Gasteiger partial charge in [0.2, 0.25) is 0 Å². The number of alkyl halides is 1. The van der Waals surface area contributed by atoms with Gasteiger partial charge in [0.25, 0.3) is 0 Å². The normalized spacial score (nSPS) is 21.8. The highest BCUT2D eigenvalue weighted by Gasteiger charge is 2.23. The van der Waals surface area contributed by atoms with Crippen LogP contribution >= 0.6 is 22.9 Å². The summed E-state index contributed by atoms with van der Waals surface area (Å²) in [7, 11) is 2.17. The average Bonchev–Trinajstić information content (AvgIpc) is 2.89. The molecule has 19 heavy (non-hydrogen) atoms. The summed E-state index contributed by atoms with van der Waals surface area (Å²) in [6.07, 6.45) is 5.15. The molecule has 0 saturated carbocycles. The van der Waals surface area contributed by atoms with Gasteiger partial charge in [-0.1, -0.05) is 6.92 Å². The fourth-order valence-electron chi connectivity index (χ4n) is 2.61. The molecule has 0 amide bonds. The highest BCUT2D eigenvalue weighted by Crippen LogP contribution is 2.27. The maximum Gasteiger partial charge on any atom is 0.110 e. The van der Waals surface area contributed by atoms with Gasteiger partial charge >= 0.3 is 0 Å². The van der Waals surface area contributed by atoms with Gasteiger partial charge in [-0.05, 0) is 32.7 Å². The van der Waals surface area contributed by atoms with E-state index in [-0.39, 0.29) is 0 Å². The number of nitrogens with zero attached hydrogens (tertiary/aromatic N) is 2. The molecule has 1 aliphatic heterocycles. The van der Waals surface area contributed by atoms with E-state index in [0.717, 1.165) is 25.3 Å². The second-order valence-electron chi connectivity index (χ2n) is 5.16. The fraction of sp³-hybridized carbons (Fsp3) is 0.786. The third kappa shape index (κ3) is 4.15. The molecule has 1 fully saturated rings. The van der Waals surface area contributed by atoms with E-state index in [1.54, 1.807) is 11.3 Å². The van der Waals surface area contributed by atoms with Gasteiger partial charge in [0.1, 0.15) is 5.01 Å². The Morgan fingerprint density at radius 2 is 2.42 bits per heavy atom. The van der Waals surface area contributed by atoms with Crippen LogP contribution in [-0.4, -0.2) is 36.2 Å². The van der Waals surface area contributed by atoms with Crippen molar-refractivity contribution in [1.29, 1.82) is 0 Å². The van der Waals surface area contributed by atoms with Gasteiger partial charge in [-0.2, -0.15) is 0 Å². The van der Waals surface area contributed by atoms with Gasteiger partial charge in [0.05, 0.1) is 23.7 Å². The van der Waals surface area contributed by atoms with Crippen LogP contribution in [0.3, 0.4) is 0 Å². The lowest BCUT2D eigenvalue weighted by Gasteiger charge is -2.31. The topological polar surface area (TPSA) is 25.4 Å². The summed E-state index contributed by atoms with van der Waals surface area (Å²) in [6, 6.07) is 0.382. The highest BCUT2D eigenvalue weighted by atomic mass is 35.5. The van der Waals surface area contributed by atoms with Gasteiger partial charge in [0.15, 0.2) is 0 Å². The van der Waals surface area contributed by atoms with Crippen LogP contribution < -0.4 is 0 Å². The Kier molecular flexibility index (Phi) is 6.07. The van der Waals surface area contributed by atoms with E-state index in [0.29, 0.717) is 18.0 Å². The molecule has 1 aliphatic rings. The van der Waals surface area contributed by atoms with Crippen molar-refractivity contribution >= 4 is 22.9 Å². The minimum absolute atomic E-state index is 0.382. The van der Waals surface area contributed by atoms with Crippen molar-refractivity contribution in [3.63, 3.8) is 0 Å². The molecule has 2 atom stereocenters. The molecule has 0 aromatic carbocycles. The Hall–Kier alpha value is -0.160. The lowest BCUT2D eigenvalue weighted by molar-refractivity contribution is -0.00868. The van der Waals surface area contributed by atoms with Crippen molar-refractivity contribution in [2.75, 3.05) is 20.2 Å². The second-order valence-corrected chi connectivity index (χ2v) is 6.32. The molecule has 2 heterocycles.